The maximum Gasteiger partial charge on any atom is 0.239 e. The Balaban J connectivity index is 2.80. The molecule has 1 aromatic rings. The number of aryl methyl sites for hydroxylation is 1. The summed E-state index contributed by atoms with van der Waals surface area (Å²) in [5, 5.41) is 2.62. The molecule has 0 saturated carbocycles. The summed E-state index contributed by atoms with van der Waals surface area (Å²) >= 11 is 0. The summed E-state index contributed by atoms with van der Waals surface area (Å²) in [6.07, 6.45) is 0. The monoisotopic (exact) mass is 252 g/mol. The normalized spacial score (nSPS) is 11.8. The maximum absolute atomic E-state index is 11.5. The highest BCUT2D eigenvalue weighted by Gasteiger charge is 2.15. The van der Waals surface area contributed by atoms with Crippen molar-refractivity contribution < 1.29 is 4.79 Å². The highest BCUT2D eigenvalue weighted by Crippen LogP contribution is 2.14. The third kappa shape index (κ3) is 3.56. The van der Waals surface area contributed by atoms with E-state index in [9.17, 15) is 4.79 Å². The van der Waals surface area contributed by atoms with Crippen molar-refractivity contribution in [3.63, 3.8) is 0 Å². The first-order valence-corrected chi connectivity index (χ1v) is 5.73. The Kier molecular flexibility index (Phi) is 4.85. The zero-order chi connectivity index (χ0) is 13.7. The second-order valence-electron chi connectivity index (χ2n) is 4.23. The topological polar surface area (TPSA) is 96.2 Å². The van der Waals surface area contributed by atoms with Crippen LogP contribution in [-0.2, 0) is 4.79 Å². The Bertz CT molecular complexity index is 422. The molecule has 100 valence electrons. The molecule has 4 N–H and O–H groups in total. The van der Waals surface area contributed by atoms with E-state index in [0.717, 1.165) is 11.5 Å². The molecular weight excluding hydrogens is 232 g/mol. The summed E-state index contributed by atoms with van der Waals surface area (Å²) in [5.74, 6) is 6.28. The van der Waals surface area contributed by atoms with Gasteiger partial charge in [0.25, 0.3) is 0 Å². The number of nitrogens with zero attached hydrogens (tertiary/aromatic N) is 3. The van der Waals surface area contributed by atoms with Crippen molar-refractivity contribution in [3.05, 3.63) is 11.8 Å². The summed E-state index contributed by atoms with van der Waals surface area (Å²) in [5.41, 5.74) is 3.23. The highest BCUT2D eigenvalue weighted by atomic mass is 16.1. The van der Waals surface area contributed by atoms with Gasteiger partial charge in [-0.15, -0.1) is 0 Å². The summed E-state index contributed by atoms with van der Waals surface area (Å²) < 4.78 is 0. The lowest BCUT2D eigenvalue weighted by atomic mass is 10.1. The van der Waals surface area contributed by atoms with Crippen LogP contribution < -0.4 is 21.5 Å². The molecule has 0 fully saturated rings. The van der Waals surface area contributed by atoms with Crippen LogP contribution in [0.3, 0.4) is 0 Å². The molecule has 0 aliphatic carbocycles. The smallest absolute Gasteiger partial charge is 0.239 e. The fourth-order valence-corrected chi connectivity index (χ4v) is 1.65. The van der Waals surface area contributed by atoms with Gasteiger partial charge in [-0.1, -0.05) is 6.92 Å². The first kappa shape index (κ1) is 14.2. The van der Waals surface area contributed by atoms with E-state index in [1.807, 2.05) is 31.9 Å². The molecule has 7 heteroatoms. The molecular formula is C11H20N6O. The summed E-state index contributed by atoms with van der Waals surface area (Å²) in [4.78, 5) is 21.7. The number of carbonyl (C=O) groups is 1. The number of amides is 1. The Morgan fingerprint density at radius 2 is 2.22 bits per heavy atom. The summed E-state index contributed by atoms with van der Waals surface area (Å²) in [6.45, 7) is 4.30. The molecule has 1 heterocycles. The third-order valence-electron chi connectivity index (χ3n) is 2.60. The molecule has 0 aromatic carbocycles. The van der Waals surface area contributed by atoms with E-state index in [2.05, 4.69) is 20.7 Å². The minimum atomic E-state index is -0.121. The lowest BCUT2D eigenvalue weighted by Gasteiger charge is -2.22. The van der Waals surface area contributed by atoms with Gasteiger partial charge in [-0.2, -0.15) is 4.98 Å². The Morgan fingerprint density at radius 1 is 1.56 bits per heavy atom. The van der Waals surface area contributed by atoms with E-state index in [4.69, 9.17) is 5.84 Å². The fraction of sp³-hybridized carbons (Fsp3) is 0.545. The van der Waals surface area contributed by atoms with Gasteiger partial charge in [0.15, 0.2) is 0 Å². The number of rotatable bonds is 5. The molecule has 1 amide bonds. The first-order chi connectivity index (χ1) is 8.47. The molecule has 0 aliphatic rings. The molecule has 0 radical (unpaired) electrons. The number of nitrogens with two attached hydrogens (primary N) is 1. The van der Waals surface area contributed by atoms with Crippen molar-refractivity contribution in [1.29, 1.82) is 0 Å². The van der Waals surface area contributed by atoms with Gasteiger partial charge in [0.2, 0.25) is 11.9 Å². The number of hydrogen-bond donors (Lipinski definition) is 3. The number of hydrogen-bond acceptors (Lipinski definition) is 6. The zero-order valence-corrected chi connectivity index (χ0v) is 11.2. The second kappa shape index (κ2) is 6.15. The number of nitrogen functional groups attached to an aromatic ring is 1. The van der Waals surface area contributed by atoms with E-state index >= 15 is 0 Å². The van der Waals surface area contributed by atoms with E-state index in [-0.39, 0.29) is 11.8 Å². The quantitative estimate of drug-likeness (QED) is 0.500. The van der Waals surface area contributed by atoms with Gasteiger partial charge in [0.05, 0.1) is 5.92 Å². The molecule has 0 spiro atoms. The first-order valence-electron chi connectivity index (χ1n) is 5.73. The number of anilines is 2. The molecule has 1 atom stereocenters. The largest absolute Gasteiger partial charge is 0.359 e. The van der Waals surface area contributed by atoms with Crippen LogP contribution in [0.25, 0.3) is 0 Å². The Hall–Kier alpha value is -1.89. The van der Waals surface area contributed by atoms with Crippen LogP contribution in [-0.4, -0.2) is 36.5 Å². The van der Waals surface area contributed by atoms with Crippen LogP contribution in [0.4, 0.5) is 11.8 Å². The zero-order valence-electron chi connectivity index (χ0n) is 11.2. The van der Waals surface area contributed by atoms with E-state index in [1.54, 1.807) is 7.05 Å². The van der Waals surface area contributed by atoms with Gasteiger partial charge < -0.3 is 10.2 Å². The van der Waals surface area contributed by atoms with Gasteiger partial charge in [-0.3, -0.25) is 10.2 Å². The molecule has 1 unspecified atom stereocenters. The van der Waals surface area contributed by atoms with Crippen molar-refractivity contribution in [2.24, 2.45) is 11.8 Å². The van der Waals surface area contributed by atoms with E-state index < -0.39 is 0 Å². The molecule has 1 aromatic heterocycles. The summed E-state index contributed by atoms with van der Waals surface area (Å²) in [6, 6.07) is 1.84. The van der Waals surface area contributed by atoms with Gasteiger partial charge in [0.1, 0.15) is 5.82 Å². The summed E-state index contributed by atoms with van der Waals surface area (Å²) in [7, 11) is 3.51. The lowest BCUT2D eigenvalue weighted by molar-refractivity contribution is -0.123. The molecule has 0 saturated heterocycles. The van der Waals surface area contributed by atoms with Gasteiger partial charge in [0, 0.05) is 32.4 Å². The fourth-order valence-electron chi connectivity index (χ4n) is 1.65. The van der Waals surface area contributed by atoms with Crippen molar-refractivity contribution in [1.82, 2.24) is 15.3 Å². The SMILES string of the molecule is CNC(=O)C(C)CN(C)c1cc(C)nc(NN)n1. The Labute approximate surface area is 107 Å². The van der Waals surface area contributed by atoms with E-state index in [1.165, 1.54) is 0 Å². The van der Waals surface area contributed by atoms with Crippen LogP contribution in [0.15, 0.2) is 6.07 Å². The van der Waals surface area contributed by atoms with Crippen molar-refractivity contribution in [2.45, 2.75) is 13.8 Å². The van der Waals surface area contributed by atoms with Gasteiger partial charge in [-0.05, 0) is 6.92 Å². The molecule has 1 rings (SSSR count). The number of carbonyl (C=O) groups excluding carboxylic acids is 1. The average molecular weight is 252 g/mol. The highest BCUT2D eigenvalue weighted by molar-refractivity contribution is 5.78. The average Bonchev–Trinajstić information content (AvgIpc) is 2.36. The van der Waals surface area contributed by atoms with Crippen molar-refractivity contribution in [2.75, 3.05) is 31.0 Å². The third-order valence-corrected chi connectivity index (χ3v) is 2.60. The van der Waals surface area contributed by atoms with Crippen molar-refractivity contribution >= 4 is 17.7 Å². The predicted molar refractivity (Wildman–Crippen MR) is 71.1 cm³/mol. The van der Waals surface area contributed by atoms with Crippen LogP contribution >= 0.6 is 0 Å². The number of nitrogens with one attached hydrogen (secondary N) is 2. The minimum Gasteiger partial charge on any atom is -0.359 e. The minimum absolute atomic E-state index is 0.00445. The molecule has 7 nitrogen and oxygen atoms in total. The standard InChI is InChI=1S/C11H20N6O/c1-7(10(18)13-3)6-17(4)9-5-8(2)14-11(15-9)16-12/h5,7H,6,12H2,1-4H3,(H,13,18)(H,14,15,16). The van der Waals surface area contributed by atoms with Crippen LogP contribution in [0.1, 0.15) is 12.6 Å². The van der Waals surface area contributed by atoms with Gasteiger partial charge in [-0.25, -0.2) is 10.8 Å². The number of aromatic nitrogens is 2. The lowest BCUT2D eigenvalue weighted by Crippen LogP contribution is -2.34. The van der Waals surface area contributed by atoms with Crippen molar-refractivity contribution in [3.8, 4) is 0 Å². The van der Waals surface area contributed by atoms with Crippen LogP contribution in [0.2, 0.25) is 0 Å². The molecule has 0 bridgehead atoms. The second-order valence-corrected chi connectivity index (χ2v) is 4.23. The van der Waals surface area contributed by atoms with Gasteiger partial charge >= 0.3 is 0 Å². The number of hydrazine groups is 1. The maximum atomic E-state index is 11.5. The van der Waals surface area contributed by atoms with E-state index in [0.29, 0.717) is 12.5 Å². The molecule has 0 aliphatic heterocycles. The molecule has 18 heavy (non-hydrogen) atoms. The van der Waals surface area contributed by atoms with Crippen LogP contribution in [0.5, 0.6) is 0 Å². The predicted octanol–water partition coefficient (Wildman–Crippen LogP) is -0.111. The Morgan fingerprint density at radius 3 is 2.78 bits per heavy atom. The van der Waals surface area contributed by atoms with Crippen LogP contribution in [0, 0.1) is 12.8 Å².